The smallest absolute Gasteiger partial charge is 0.264 e. The topological polar surface area (TPSA) is 99.2 Å². The molecule has 0 fully saturated rings. The second-order valence-corrected chi connectivity index (χ2v) is 4.21. The van der Waals surface area contributed by atoms with Crippen LogP contribution >= 0.6 is 0 Å². The average Bonchev–Trinajstić information content (AvgIpc) is 2.43. The third-order valence-corrected chi connectivity index (χ3v) is 3.12. The first-order valence-electron chi connectivity index (χ1n) is 5.68. The van der Waals surface area contributed by atoms with E-state index in [-0.39, 0.29) is 22.1 Å². The number of fused-ring (bicyclic) bond motifs is 2. The fraction of sp³-hybridized carbons (Fsp3) is 0. The van der Waals surface area contributed by atoms with Crippen LogP contribution in [0.3, 0.4) is 0 Å². The Balaban J connectivity index is 2.60. The number of hydrogen-bond acceptors (Lipinski definition) is 5. The largest absolute Gasteiger partial charge is 0.285 e. The Morgan fingerprint density at radius 3 is 2.45 bits per heavy atom. The van der Waals surface area contributed by atoms with Crippen molar-refractivity contribution in [3.05, 3.63) is 63.0 Å². The van der Waals surface area contributed by atoms with E-state index in [9.17, 15) is 20.2 Å². The van der Waals surface area contributed by atoms with Crippen LogP contribution in [0.1, 0.15) is 0 Å². The van der Waals surface area contributed by atoms with Crippen LogP contribution in [0.2, 0.25) is 0 Å². The van der Waals surface area contributed by atoms with Crippen LogP contribution in [0.4, 0.5) is 11.4 Å². The Morgan fingerprint density at radius 2 is 1.75 bits per heavy atom. The van der Waals surface area contributed by atoms with E-state index < -0.39 is 9.85 Å². The Bertz CT molecular complexity index is 876. The van der Waals surface area contributed by atoms with Crippen LogP contribution < -0.4 is 0 Å². The van der Waals surface area contributed by atoms with Gasteiger partial charge in [-0.25, -0.2) is 0 Å². The summed E-state index contributed by atoms with van der Waals surface area (Å²) < 4.78 is 0. The highest BCUT2D eigenvalue weighted by atomic mass is 16.6. The molecule has 1 heterocycles. The zero-order valence-electron chi connectivity index (χ0n) is 10.0. The van der Waals surface area contributed by atoms with E-state index in [1.807, 2.05) is 0 Å². The third-order valence-electron chi connectivity index (χ3n) is 3.12. The molecule has 3 aromatic rings. The van der Waals surface area contributed by atoms with Crippen molar-refractivity contribution in [1.82, 2.24) is 4.98 Å². The predicted molar refractivity (Wildman–Crippen MR) is 72.6 cm³/mol. The van der Waals surface area contributed by atoms with E-state index in [1.165, 1.54) is 36.7 Å². The average molecular weight is 269 g/mol. The number of nitrogens with zero attached hydrogens (tertiary/aromatic N) is 3. The molecule has 0 saturated carbocycles. The first-order chi connectivity index (χ1) is 9.59. The molecule has 0 spiro atoms. The maximum absolute atomic E-state index is 11.3. The standard InChI is InChI=1S/C13H7N3O4/c17-15(18)12-3-1-2-10-11(12)6-8-7-14-5-4-9(8)13(10)16(19)20/h1-7H. The van der Waals surface area contributed by atoms with Crippen molar-refractivity contribution in [3.63, 3.8) is 0 Å². The van der Waals surface area contributed by atoms with Crippen LogP contribution in [0, 0.1) is 20.2 Å². The zero-order valence-corrected chi connectivity index (χ0v) is 10.0. The number of nitro groups is 2. The van der Waals surface area contributed by atoms with Crippen LogP contribution in [0.15, 0.2) is 42.7 Å². The van der Waals surface area contributed by atoms with Gasteiger partial charge in [-0.1, -0.05) is 6.07 Å². The second-order valence-electron chi connectivity index (χ2n) is 4.21. The first kappa shape index (κ1) is 12.0. The minimum absolute atomic E-state index is 0.136. The summed E-state index contributed by atoms with van der Waals surface area (Å²) in [7, 11) is 0. The van der Waals surface area contributed by atoms with Gasteiger partial charge in [-0.3, -0.25) is 25.2 Å². The molecule has 0 unspecified atom stereocenters. The van der Waals surface area contributed by atoms with Gasteiger partial charge in [0.1, 0.15) is 0 Å². The molecule has 0 radical (unpaired) electrons. The summed E-state index contributed by atoms with van der Waals surface area (Å²) >= 11 is 0. The van der Waals surface area contributed by atoms with Gasteiger partial charge in [0.25, 0.3) is 11.4 Å². The van der Waals surface area contributed by atoms with Crippen molar-refractivity contribution in [2.24, 2.45) is 0 Å². The van der Waals surface area contributed by atoms with E-state index >= 15 is 0 Å². The normalized spacial score (nSPS) is 10.8. The van der Waals surface area contributed by atoms with Crippen molar-refractivity contribution in [3.8, 4) is 0 Å². The molecule has 20 heavy (non-hydrogen) atoms. The molecule has 0 aliphatic heterocycles. The van der Waals surface area contributed by atoms with Crippen LogP contribution in [0.5, 0.6) is 0 Å². The molecule has 0 aliphatic rings. The fourth-order valence-corrected chi connectivity index (χ4v) is 2.31. The summed E-state index contributed by atoms with van der Waals surface area (Å²) in [5.74, 6) is 0. The highest BCUT2D eigenvalue weighted by molar-refractivity contribution is 6.10. The Hall–Kier alpha value is -3.09. The van der Waals surface area contributed by atoms with E-state index in [0.717, 1.165) is 0 Å². The molecule has 0 saturated heterocycles. The molecule has 1 aromatic heterocycles. The third kappa shape index (κ3) is 1.64. The maximum Gasteiger partial charge on any atom is 0.285 e. The van der Waals surface area contributed by atoms with Gasteiger partial charge in [-0.2, -0.15) is 0 Å². The summed E-state index contributed by atoms with van der Waals surface area (Å²) in [5.41, 5.74) is -0.292. The lowest BCUT2D eigenvalue weighted by molar-refractivity contribution is -0.384. The number of rotatable bonds is 2. The van der Waals surface area contributed by atoms with Gasteiger partial charge in [-0.05, 0) is 18.2 Å². The van der Waals surface area contributed by atoms with Gasteiger partial charge in [-0.15, -0.1) is 0 Å². The van der Waals surface area contributed by atoms with Gasteiger partial charge in [0.2, 0.25) is 0 Å². The van der Waals surface area contributed by atoms with E-state index in [1.54, 1.807) is 6.07 Å². The quantitative estimate of drug-likeness (QED) is 0.404. The number of benzene rings is 2. The molecule has 7 heteroatoms. The molecule has 0 N–H and O–H groups in total. The monoisotopic (exact) mass is 269 g/mol. The van der Waals surface area contributed by atoms with E-state index in [4.69, 9.17) is 0 Å². The van der Waals surface area contributed by atoms with Gasteiger partial charge in [0.05, 0.1) is 26.0 Å². The zero-order chi connectivity index (χ0) is 14.3. The highest BCUT2D eigenvalue weighted by Gasteiger charge is 2.22. The predicted octanol–water partition coefficient (Wildman–Crippen LogP) is 3.20. The minimum Gasteiger partial charge on any atom is -0.264 e. The number of non-ortho nitro benzene ring substituents is 2. The first-order valence-corrected chi connectivity index (χ1v) is 5.68. The van der Waals surface area contributed by atoms with Gasteiger partial charge in [0.15, 0.2) is 0 Å². The van der Waals surface area contributed by atoms with Crippen molar-refractivity contribution in [1.29, 1.82) is 0 Å². The number of hydrogen-bond donors (Lipinski definition) is 0. The molecule has 2 aromatic carbocycles. The molecule has 0 amide bonds. The Kier molecular flexibility index (Phi) is 2.53. The van der Waals surface area contributed by atoms with Gasteiger partial charge >= 0.3 is 0 Å². The van der Waals surface area contributed by atoms with Crippen molar-refractivity contribution >= 4 is 32.9 Å². The van der Waals surface area contributed by atoms with Crippen molar-refractivity contribution in [2.45, 2.75) is 0 Å². The fourth-order valence-electron chi connectivity index (χ4n) is 2.31. The SMILES string of the molecule is O=[N+]([O-])c1cccc2c([N+](=O)[O-])c3ccncc3cc12. The molecule has 0 bridgehead atoms. The Labute approximate surface area is 111 Å². The number of aromatic nitrogens is 1. The lowest BCUT2D eigenvalue weighted by Crippen LogP contribution is -1.95. The van der Waals surface area contributed by atoms with E-state index in [0.29, 0.717) is 10.8 Å². The maximum atomic E-state index is 11.3. The summed E-state index contributed by atoms with van der Waals surface area (Å²) in [6, 6.07) is 7.38. The lowest BCUT2D eigenvalue weighted by atomic mass is 10.0. The van der Waals surface area contributed by atoms with E-state index in [2.05, 4.69) is 4.98 Å². The number of nitro benzene ring substituents is 2. The summed E-state index contributed by atoms with van der Waals surface area (Å²) in [4.78, 5) is 25.2. The highest BCUT2D eigenvalue weighted by Crippen LogP contribution is 2.37. The van der Waals surface area contributed by atoms with Crippen LogP contribution in [-0.2, 0) is 0 Å². The van der Waals surface area contributed by atoms with Crippen LogP contribution in [0.25, 0.3) is 21.5 Å². The lowest BCUT2D eigenvalue weighted by Gasteiger charge is -2.04. The Morgan fingerprint density at radius 1 is 0.950 bits per heavy atom. The molecule has 0 atom stereocenters. The molecule has 0 aliphatic carbocycles. The minimum atomic E-state index is -0.547. The molecule has 3 rings (SSSR count). The van der Waals surface area contributed by atoms with Crippen molar-refractivity contribution in [2.75, 3.05) is 0 Å². The van der Waals surface area contributed by atoms with Crippen molar-refractivity contribution < 1.29 is 9.85 Å². The number of pyridine rings is 1. The summed E-state index contributed by atoms with van der Waals surface area (Å²) in [5, 5.41) is 23.8. The van der Waals surface area contributed by atoms with Crippen LogP contribution in [-0.4, -0.2) is 14.8 Å². The molecule has 98 valence electrons. The van der Waals surface area contributed by atoms with Gasteiger partial charge in [0, 0.05) is 23.8 Å². The second kappa shape index (κ2) is 4.23. The molecular weight excluding hydrogens is 262 g/mol. The van der Waals surface area contributed by atoms with Gasteiger partial charge < -0.3 is 0 Å². The summed E-state index contributed by atoms with van der Waals surface area (Å²) in [6.45, 7) is 0. The molecule has 7 nitrogen and oxygen atoms in total. The molecular formula is C13H7N3O4. The summed E-state index contributed by atoms with van der Waals surface area (Å²) in [6.07, 6.45) is 2.91.